The minimum Gasteiger partial charge on any atom is -0.352 e. The maximum atomic E-state index is 13.5. The Labute approximate surface area is 186 Å². The molecule has 1 aliphatic carbocycles. The van der Waals surface area contributed by atoms with Gasteiger partial charge in [0.1, 0.15) is 17.8 Å². The van der Waals surface area contributed by atoms with Gasteiger partial charge in [-0.05, 0) is 54.7 Å². The Hall–Kier alpha value is -3.67. The number of carbonyl (C=O) groups is 1. The van der Waals surface area contributed by atoms with Crippen LogP contribution >= 0.6 is 0 Å². The summed E-state index contributed by atoms with van der Waals surface area (Å²) in [6.45, 7) is 4.37. The van der Waals surface area contributed by atoms with Gasteiger partial charge in [0, 0.05) is 31.4 Å². The molecule has 0 radical (unpaired) electrons. The highest BCUT2D eigenvalue weighted by molar-refractivity contribution is 5.96. The second kappa shape index (κ2) is 7.19. The number of carbonyl (C=O) groups excluding carboxylic acids is 1. The molecular weight excluding hydrogens is 398 g/mol. The first-order valence-electron chi connectivity index (χ1n) is 11.2. The zero-order valence-electron chi connectivity index (χ0n) is 18.1. The Morgan fingerprint density at radius 1 is 1.03 bits per heavy atom. The molecule has 1 saturated heterocycles. The van der Waals surface area contributed by atoms with Gasteiger partial charge in [-0.15, -0.1) is 0 Å². The molecule has 0 atom stereocenters. The first-order chi connectivity index (χ1) is 15.6. The van der Waals surface area contributed by atoms with Crippen LogP contribution in [0.15, 0.2) is 67.1 Å². The van der Waals surface area contributed by atoms with Crippen LogP contribution in [0.5, 0.6) is 0 Å². The molecule has 1 spiro atoms. The molecule has 32 heavy (non-hydrogen) atoms. The number of hydrogen-bond donors (Lipinski definition) is 1. The topological polar surface area (TPSA) is 65.1 Å². The number of hydrogen-bond acceptors (Lipinski definition) is 4. The second-order valence-corrected chi connectivity index (χ2v) is 8.94. The maximum absolute atomic E-state index is 13.5. The van der Waals surface area contributed by atoms with Crippen molar-refractivity contribution < 1.29 is 4.79 Å². The number of aromatic nitrogens is 3. The predicted octanol–water partition coefficient (Wildman–Crippen LogP) is 4.43. The smallest absolute Gasteiger partial charge is 0.254 e. The lowest BCUT2D eigenvalue weighted by Gasteiger charge is -2.43. The summed E-state index contributed by atoms with van der Waals surface area (Å²) in [5.41, 5.74) is 5.02. The van der Waals surface area contributed by atoms with Crippen LogP contribution in [0.1, 0.15) is 28.8 Å². The maximum Gasteiger partial charge on any atom is 0.254 e. The average Bonchev–Trinajstić information content (AvgIpc) is 3.40. The van der Waals surface area contributed by atoms with E-state index in [0.717, 1.165) is 53.9 Å². The monoisotopic (exact) mass is 423 g/mol. The quantitative estimate of drug-likeness (QED) is 0.530. The minimum absolute atomic E-state index is 0.0884. The largest absolute Gasteiger partial charge is 0.352 e. The van der Waals surface area contributed by atoms with Gasteiger partial charge in [0.25, 0.3) is 5.91 Å². The number of piperazine rings is 1. The van der Waals surface area contributed by atoms with E-state index in [1.165, 1.54) is 11.1 Å². The molecule has 2 aromatic heterocycles. The van der Waals surface area contributed by atoms with Gasteiger partial charge in [0.15, 0.2) is 0 Å². The predicted molar refractivity (Wildman–Crippen MR) is 126 cm³/mol. The molecule has 1 aliphatic heterocycles. The Kier molecular flexibility index (Phi) is 4.28. The number of aryl methyl sites for hydroxylation is 1. The summed E-state index contributed by atoms with van der Waals surface area (Å²) in [6, 6.07) is 18.5. The molecule has 6 rings (SSSR count). The molecule has 4 aromatic rings. The molecule has 6 heteroatoms. The van der Waals surface area contributed by atoms with E-state index in [2.05, 4.69) is 49.9 Å². The van der Waals surface area contributed by atoms with E-state index < -0.39 is 0 Å². The zero-order valence-corrected chi connectivity index (χ0v) is 18.1. The lowest BCUT2D eigenvalue weighted by atomic mass is 9.97. The first kappa shape index (κ1) is 19.0. The van der Waals surface area contributed by atoms with Crippen LogP contribution < -0.4 is 4.90 Å². The van der Waals surface area contributed by atoms with E-state index in [9.17, 15) is 4.79 Å². The third-order valence-corrected chi connectivity index (χ3v) is 6.91. The van der Waals surface area contributed by atoms with Crippen molar-refractivity contribution >= 4 is 22.8 Å². The summed E-state index contributed by atoms with van der Waals surface area (Å²) in [5.74, 6) is 1.09. The summed E-state index contributed by atoms with van der Waals surface area (Å²) in [4.78, 5) is 30.0. The number of amides is 1. The second-order valence-electron chi connectivity index (χ2n) is 8.94. The standard InChI is InChI=1S/C26H25N5O/c1-18-15-20(7-8-21(18)19-5-3-2-4-6-19)25(32)31-14-13-30(16-26(31)10-11-26)24-22-9-12-27-23(22)28-17-29-24/h2-9,12,15,17H,10-11,13-14,16H2,1H3,(H,27,28,29). The van der Waals surface area contributed by atoms with Crippen molar-refractivity contribution in [2.75, 3.05) is 24.5 Å². The number of nitrogens with zero attached hydrogens (tertiary/aromatic N) is 4. The molecule has 1 saturated carbocycles. The van der Waals surface area contributed by atoms with Crippen LogP contribution in [0, 0.1) is 6.92 Å². The molecule has 1 amide bonds. The molecule has 0 bridgehead atoms. The summed E-state index contributed by atoms with van der Waals surface area (Å²) in [6.07, 6.45) is 5.59. The van der Waals surface area contributed by atoms with Crippen molar-refractivity contribution in [2.24, 2.45) is 0 Å². The number of H-pyrrole nitrogens is 1. The van der Waals surface area contributed by atoms with E-state index in [1.54, 1.807) is 6.33 Å². The number of aromatic amines is 1. The van der Waals surface area contributed by atoms with E-state index in [1.807, 2.05) is 42.6 Å². The van der Waals surface area contributed by atoms with Gasteiger partial charge in [-0.3, -0.25) is 4.79 Å². The number of anilines is 1. The van der Waals surface area contributed by atoms with Gasteiger partial charge in [-0.1, -0.05) is 36.4 Å². The Bertz CT molecular complexity index is 1310. The fourth-order valence-electron chi connectivity index (χ4n) is 5.05. The molecule has 2 aliphatic rings. The van der Waals surface area contributed by atoms with Gasteiger partial charge in [-0.2, -0.15) is 0 Å². The van der Waals surface area contributed by atoms with Gasteiger partial charge in [0.2, 0.25) is 0 Å². The van der Waals surface area contributed by atoms with E-state index in [4.69, 9.17) is 0 Å². The molecule has 160 valence electrons. The van der Waals surface area contributed by atoms with Crippen LogP contribution in [-0.4, -0.2) is 50.9 Å². The van der Waals surface area contributed by atoms with Crippen LogP contribution in [-0.2, 0) is 0 Å². The van der Waals surface area contributed by atoms with Gasteiger partial charge < -0.3 is 14.8 Å². The molecule has 3 heterocycles. The summed E-state index contributed by atoms with van der Waals surface area (Å²) < 4.78 is 0. The van der Waals surface area contributed by atoms with Crippen LogP contribution in [0.25, 0.3) is 22.2 Å². The lowest BCUT2D eigenvalue weighted by molar-refractivity contribution is 0.0624. The molecule has 0 unspecified atom stereocenters. The fraction of sp³-hybridized carbons (Fsp3) is 0.269. The highest BCUT2D eigenvalue weighted by Gasteiger charge is 2.53. The van der Waals surface area contributed by atoms with E-state index in [-0.39, 0.29) is 11.4 Å². The Morgan fingerprint density at radius 3 is 2.66 bits per heavy atom. The normalized spacial score (nSPS) is 17.2. The van der Waals surface area contributed by atoms with Crippen molar-refractivity contribution in [3.05, 3.63) is 78.2 Å². The Balaban J connectivity index is 1.25. The molecule has 2 fully saturated rings. The fourth-order valence-corrected chi connectivity index (χ4v) is 5.05. The van der Waals surface area contributed by atoms with E-state index in [0.29, 0.717) is 6.54 Å². The molecule has 2 aromatic carbocycles. The highest BCUT2D eigenvalue weighted by Crippen LogP contribution is 2.46. The molecule has 6 nitrogen and oxygen atoms in total. The number of rotatable bonds is 3. The van der Waals surface area contributed by atoms with Gasteiger partial charge >= 0.3 is 0 Å². The SMILES string of the molecule is Cc1cc(C(=O)N2CCN(c3ncnc4[nH]ccc34)CC23CC3)ccc1-c1ccccc1. The van der Waals surface area contributed by atoms with Crippen molar-refractivity contribution in [2.45, 2.75) is 25.3 Å². The van der Waals surface area contributed by atoms with Crippen LogP contribution in [0.3, 0.4) is 0 Å². The van der Waals surface area contributed by atoms with Crippen molar-refractivity contribution in [1.82, 2.24) is 19.9 Å². The zero-order chi connectivity index (χ0) is 21.7. The van der Waals surface area contributed by atoms with Gasteiger partial charge in [-0.25, -0.2) is 9.97 Å². The number of nitrogens with one attached hydrogen (secondary N) is 1. The minimum atomic E-state index is -0.0884. The third-order valence-electron chi connectivity index (χ3n) is 6.91. The molecular formula is C26H25N5O. The first-order valence-corrected chi connectivity index (χ1v) is 11.2. The molecule has 1 N–H and O–H groups in total. The average molecular weight is 424 g/mol. The van der Waals surface area contributed by atoms with Crippen molar-refractivity contribution in [3.8, 4) is 11.1 Å². The number of fused-ring (bicyclic) bond motifs is 1. The lowest BCUT2D eigenvalue weighted by Crippen LogP contribution is -2.57. The summed E-state index contributed by atoms with van der Waals surface area (Å²) in [7, 11) is 0. The van der Waals surface area contributed by atoms with Crippen molar-refractivity contribution in [3.63, 3.8) is 0 Å². The highest BCUT2D eigenvalue weighted by atomic mass is 16.2. The summed E-state index contributed by atoms with van der Waals surface area (Å²) >= 11 is 0. The Morgan fingerprint density at radius 2 is 1.88 bits per heavy atom. The van der Waals surface area contributed by atoms with Gasteiger partial charge in [0.05, 0.1) is 10.9 Å². The third kappa shape index (κ3) is 3.06. The van der Waals surface area contributed by atoms with Crippen LogP contribution in [0.4, 0.5) is 5.82 Å². The van der Waals surface area contributed by atoms with Crippen molar-refractivity contribution in [1.29, 1.82) is 0 Å². The van der Waals surface area contributed by atoms with E-state index >= 15 is 0 Å². The van der Waals surface area contributed by atoms with Crippen LogP contribution in [0.2, 0.25) is 0 Å². The summed E-state index contributed by atoms with van der Waals surface area (Å²) in [5, 5.41) is 1.04. The number of benzene rings is 2.